The van der Waals surface area contributed by atoms with Crippen molar-refractivity contribution >= 4 is 0 Å². The van der Waals surface area contributed by atoms with Crippen molar-refractivity contribution in [1.82, 2.24) is 4.90 Å². The summed E-state index contributed by atoms with van der Waals surface area (Å²) >= 11 is 0. The molecule has 0 radical (unpaired) electrons. The average molecular weight is 218 g/mol. The summed E-state index contributed by atoms with van der Waals surface area (Å²) in [6.45, 7) is 8.86. The van der Waals surface area contributed by atoms with Crippen LogP contribution in [0.1, 0.15) is 31.0 Å². The first-order valence-corrected chi connectivity index (χ1v) is 6.14. The lowest BCUT2D eigenvalue weighted by Gasteiger charge is -2.25. The molecule has 2 nitrogen and oxygen atoms in total. The summed E-state index contributed by atoms with van der Waals surface area (Å²) < 4.78 is 0. The molecule has 1 aliphatic rings. The van der Waals surface area contributed by atoms with Crippen molar-refractivity contribution in [3.63, 3.8) is 0 Å². The third-order valence-corrected chi connectivity index (χ3v) is 3.88. The molecule has 2 N–H and O–H groups in total. The monoisotopic (exact) mass is 218 g/mol. The molecule has 1 heterocycles. The zero-order valence-corrected chi connectivity index (χ0v) is 10.5. The van der Waals surface area contributed by atoms with E-state index in [4.69, 9.17) is 5.73 Å². The molecule has 0 saturated carbocycles. The first-order chi connectivity index (χ1) is 7.59. The Balaban J connectivity index is 2.14. The van der Waals surface area contributed by atoms with Gasteiger partial charge in [-0.3, -0.25) is 4.90 Å². The normalized spacial score (nSPS) is 28.2. The van der Waals surface area contributed by atoms with Crippen molar-refractivity contribution in [2.75, 3.05) is 13.1 Å². The Morgan fingerprint density at radius 1 is 1.31 bits per heavy atom. The number of benzene rings is 1. The van der Waals surface area contributed by atoms with Gasteiger partial charge < -0.3 is 5.73 Å². The van der Waals surface area contributed by atoms with Crippen LogP contribution in [0.25, 0.3) is 0 Å². The zero-order valence-electron chi connectivity index (χ0n) is 10.5. The molecule has 0 aromatic heterocycles. The quantitative estimate of drug-likeness (QED) is 0.825. The van der Waals surface area contributed by atoms with Crippen LogP contribution in [0.2, 0.25) is 0 Å². The van der Waals surface area contributed by atoms with Gasteiger partial charge in [0.15, 0.2) is 0 Å². The van der Waals surface area contributed by atoms with Gasteiger partial charge in [-0.1, -0.05) is 31.2 Å². The molecule has 16 heavy (non-hydrogen) atoms. The van der Waals surface area contributed by atoms with E-state index in [2.05, 4.69) is 49.9 Å². The molecule has 0 bridgehead atoms. The number of nitrogens with two attached hydrogens (primary N) is 1. The third kappa shape index (κ3) is 2.13. The van der Waals surface area contributed by atoms with E-state index in [1.165, 1.54) is 11.1 Å². The topological polar surface area (TPSA) is 29.3 Å². The van der Waals surface area contributed by atoms with Crippen LogP contribution in [0.5, 0.6) is 0 Å². The fraction of sp³-hybridized carbons (Fsp3) is 0.571. The maximum Gasteiger partial charge on any atom is 0.0323 e. The predicted molar refractivity (Wildman–Crippen MR) is 68.3 cm³/mol. The minimum Gasteiger partial charge on any atom is -0.326 e. The van der Waals surface area contributed by atoms with Crippen molar-refractivity contribution in [2.24, 2.45) is 11.7 Å². The number of aryl methyl sites for hydroxylation is 1. The maximum absolute atomic E-state index is 6.08. The van der Waals surface area contributed by atoms with Crippen molar-refractivity contribution in [3.05, 3.63) is 35.4 Å². The lowest BCUT2D eigenvalue weighted by Crippen LogP contribution is -2.30. The lowest BCUT2D eigenvalue weighted by atomic mass is 10.0. The first kappa shape index (κ1) is 11.6. The van der Waals surface area contributed by atoms with E-state index in [-0.39, 0.29) is 0 Å². The van der Waals surface area contributed by atoms with E-state index in [1.807, 2.05) is 0 Å². The molecule has 3 unspecified atom stereocenters. The van der Waals surface area contributed by atoms with Gasteiger partial charge in [0.25, 0.3) is 0 Å². The summed E-state index contributed by atoms with van der Waals surface area (Å²) in [6, 6.07) is 9.46. The highest BCUT2D eigenvalue weighted by atomic mass is 15.2. The van der Waals surface area contributed by atoms with E-state index < -0.39 is 0 Å². The third-order valence-electron chi connectivity index (χ3n) is 3.88. The second-order valence-electron chi connectivity index (χ2n) is 5.13. The number of likely N-dealkylation sites (tertiary alicyclic amines) is 1. The van der Waals surface area contributed by atoms with E-state index in [9.17, 15) is 0 Å². The maximum atomic E-state index is 6.08. The average Bonchev–Trinajstić information content (AvgIpc) is 2.59. The highest BCUT2D eigenvalue weighted by Gasteiger charge is 2.30. The van der Waals surface area contributed by atoms with Crippen LogP contribution < -0.4 is 5.73 Å². The Hall–Kier alpha value is -0.860. The van der Waals surface area contributed by atoms with Gasteiger partial charge in [0.2, 0.25) is 0 Å². The zero-order chi connectivity index (χ0) is 11.7. The molecule has 1 saturated heterocycles. The largest absolute Gasteiger partial charge is 0.326 e. The highest BCUT2D eigenvalue weighted by Crippen LogP contribution is 2.28. The van der Waals surface area contributed by atoms with Crippen LogP contribution in [0.4, 0.5) is 0 Å². The molecule has 1 aliphatic heterocycles. The molecule has 3 atom stereocenters. The van der Waals surface area contributed by atoms with Crippen LogP contribution in [0, 0.1) is 12.8 Å². The van der Waals surface area contributed by atoms with Gasteiger partial charge in [0.05, 0.1) is 0 Å². The van der Waals surface area contributed by atoms with E-state index >= 15 is 0 Å². The van der Waals surface area contributed by atoms with E-state index in [1.54, 1.807) is 0 Å². The smallest absolute Gasteiger partial charge is 0.0323 e. The summed E-state index contributed by atoms with van der Waals surface area (Å²) in [6.07, 6.45) is 0. The number of hydrogen-bond donors (Lipinski definition) is 1. The van der Waals surface area contributed by atoms with Gasteiger partial charge >= 0.3 is 0 Å². The molecular weight excluding hydrogens is 196 g/mol. The summed E-state index contributed by atoms with van der Waals surface area (Å²) in [7, 11) is 0. The summed E-state index contributed by atoms with van der Waals surface area (Å²) in [5.41, 5.74) is 8.89. The fourth-order valence-electron chi connectivity index (χ4n) is 2.60. The second kappa shape index (κ2) is 4.56. The summed E-state index contributed by atoms with van der Waals surface area (Å²) in [4.78, 5) is 2.50. The molecule has 2 rings (SSSR count). The van der Waals surface area contributed by atoms with Crippen molar-refractivity contribution < 1.29 is 0 Å². The minimum atomic E-state index is 0.339. The van der Waals surface area contributed by atoms with Crippen molar-refractivity contribution in [1.29, 1.82) is 0 Å². The Morgan fingerprint density at radius 3 is 2.56 bits per heavy atom. The summed E-state index contributed by atoms with van der Waals surface area (Å²) in [5.74, 6) is 0.617. The Bertz CT molecular complexity index is 352. The molecule has 88 valence electrons. The highest BCUT2D eigenvalue weighted by molar-refractivity contribution is 5.28. The number of rotatable bonds is 2. The van der Waals surface area contributed by atoms with Crippen molar-refractivity contribution in [2.45, 2.75) is 32.9 Å². The molecule has 0 aliphatic carbocycles. The molecule has 1 fully saturated rings. The van der Waals surface area contributed by atoms with Gasteiger partial charge in [0.1, 0.15) is 0 Å². The van der Waals surface area contributed by atoms with Gasteiger partial charge in [0, 0.05) is 25.2 Å². The van der Waals surface area contributed by atoms with Gasteiger partial charge in [-0.15, -0.1) is 0 Å². The standard InChI is InChI=1S/C14H22N2/c1-10-6-4-5-7-13(10)12(3)16-8-11(2)14(15)9-16/h4-7,11-12,14H,8-9,15H2,1-3H3. The summed E-state index contributed by atoms with van der Waals surface area (Å²) in [5, 5.41) is 0. The first-order valence-electron chi connectivity index (χ1n) is 6.14. The van der Waals surface area contributed by atoms with Crippen LogP contribution in [0.15, 0.2) is 24.3 Å². The molecule has 0 amide bonds. The number of nitrogens with zero attached hydrogens (tertiary/aromatic N) is 1. The SMILES string of the molecule is Cc1ccccc1C(C)N1CC(C)C(N)C1. The van der Waals surface area contributed by atoms with Crippen LogP contribution in [-0.4, -0.2) is 24.0 Å². The van der Waals surface area contributed by atoms with Crippen LogP contribution >= 0.6 is 0 Å². The van der Waals surface area contributed by atoms with E-state index in [0.717, 1.165) is 13.1 Å². The Labute approximate surface area is 98.4 Å². The Kier molecular flexibility index (Phi) is 3.31. The molecule has 2 heteroatoms. The van der Waals surface area contributed by atoms with Crippen molar-refractivity contribution in [3.8, 4) is 0 Å². The van der Waals surface area contributed by atoms with Gasteiger partial charge in [-0.25, -0.2) is 0 Å². The number of hydrogen-bond acceptors (Lipinski definition) is 2. The van der Waals surface area contributed by atoms with Crippen LogP contribution in [0.3, 0.4) is 0 Å². The minimum absolute atomic E-state index is 0.339. The predicted octanol–water partition coefficient (Wildman–Crippen LogP) is 2.34. The fourth-order valence-corrected chi connectivity index (χ4v) is 2.60. The molecule has 0 spiro atoms. The van der Waals surface area contributed by atoms with Gasteiger partial charge in [-0.2, -0.15) is 0 Å². The molecule has 1 aromatic carbocycles. The lowest BCUT2D eigenvalue weighted by molar-refractivity contribution is 0.253. The Morgan fingerprint density at radius 2 is 2.00 bits per heavy atom. The molecular formula is C14H22N2. The van der Waals surface area contributed by atoms with Crippen LogP contribution in [-0.2, 0) is 0 Å². The van der Waals surface area contributed by atoms with E-state index in [0.29, 0.717) is 18.0 Å². The second-order valence-corrected chi connectivity index (χ2v) is 5.13. The molecule has 1 aromatic rings. The van der Waals surface area contributed by atoms with Gasteiger partial charge in [-0.05, 0) is 30.9 Å².